The van der Waals surface area contributed by atoms with Crippen LogP contribution in [0.3, 0.4) is 0 Å². The molecule has 1 N–H and O–H groups in total. The maximum Gasteiger partial charge on any atom is 0.243 e. The lowest BCUT2D eigenvalue weighted by atomic mass is 9.95. The van der Waals surface area contributed by atoms with Gasteiger partial charge < -0.3 is 14.6 Å². The molecular formula is C18H19NO5S. The van der Waals surface area contributed by atoms with Crippen molar-refractivity contribution in [2.75, 3.05) is 20.3 Å². The van der Waals surface area contributed by atoms with Crippen LogP contribution in [0.15, 0.2) is 47.4 Å². The zero-order valence-electron chi connectivity index (χ0n) is 13.8. The Morgan fingerprint density at radius 1 is 1.12 bits per heavy atom. The largest absolute Gasteiger partial charge is 0.486 e. The van der Waals surface area contributed by atoms with Crippen molar-refractivity contribution in [3.05, 3.63) is 53.6 Å². The van der Waals surface area contributed by atoms with Crippen LogP contribution in [0.1, 0.15) is 17.2 Å². The molecule has 2 aromatic rings. The normalized spacial score (nSPS) is 24.6. The molecule has 0 spiro atoms. The Bertz CT molecular complexity index is 911. The molecule has 0 aromatic heterocycles. The fraction of sp³-hybridized carbons (Fsp3) is 0.333. The molecule has 25 heavy (non-hydrogen) atoms. The Morgan fingerprint density at radius 3 is 2.64 bits per heavy atom. The van der Waals surface area contributed by atoms with Crippen molar-refractivity contribution in [3.63, 3.8) is 0 Å². The molecule has 132 valence electrons. The first kappa shape index (κ1) is 16.4. The molecule has 0 unspecified atom stereocenters. The molecule has 0 fully saturated rings. The number of rotatable bonds is 2. The average Bonchev–Trinajstić information content (AvgIpc) is 2.64. The quantitative estimate of drug-likeness (QED) is 0.882. The first-order chi connectivity index (χ1) is 12.0. The number of sulfonamides is 1. The molecule has 7 heteroatoms. The van der Waals surface area contributed by atoms with Gasteiger partial charge in [0.1, 0.15) is 13.2 Å². The van der Waals surface area contributed by atoms with Crippen molar-refractivity contribution in [3.8, 4) is 11.5 Å². The van der Waals surface area contributed by atoms with E-state index >= 15 is 0 Å². The summed E-state index contributed by atoms with van der Waals surface area (Å²) in [6, 6.07) is 11.6. The predicted octanol–water partition coefficient (Wildman–Crippen LogP) is 1.74. The lowest BCUT2D eigenvalue weighted by Crippen LogP contribution is -2.46. The highest BCUT2D eigenvalue weighted by Crippen LogP contribution is 2.38. The van der Waals surface area contributed by atoms with Crippen molar-refractivity contribution in [1.29, 1.82) is 0 Å². The third-order valence-electron chi connectivity index (χ3n) is 4.78. The lowest BCUT2D eigenvalue weighted by molar-refractivity contribution is 0.0891. The molecule has 0 saturated heterocycles. The van der Waals surface area contributed by atoms with Crippen LogP contribution in [0, 0.1) is 0 Å². The highest BCUT2D eigenvalue weighted by atomic mass is 32.2. The summed E-state index contributed by atoms with van der Waals surface area (Å²) in [4.78, 5) is 0.170. The zero-order chi connectivity index (χ0) is 17.6. The second-order valence-corrected chi connectivity index (χ2v) is 8.22. The van der Waals surface area contributed by atoms with E-state index in [1.807, 2.05) is 18.2 Å². The standard InChI is InChI=1S/C18H19NO5S/c1-19-14(10-12-6-7-15-16(11-12)24-9-8-23-15)18(20)13-4-2-3-5-17(13)25(19,21)22/h2-7,11,14,18,20H,8-10H2,1H3/t14-,18+/m0/s1. The van der Waals surface area contributed by atoms with E-state index in [1.165, 1.54) is 17.4 Å². The third kappa shape index (κ3) is 2.68. The van der Waals surface area contributed by atoms with Gasteiger partial charge in [0.15, 0.2) is 11.5 Å². The minimum Gasteiger partial charge on any atom is -0.486 e. The van der Waals surface area contributed by atoms with Crippen LogP contribution in [0.5, 0.6) is 11.5 Å². The Balaban J connectivity index is 1.69. The van der Waals surface area contributed by atoms with Crippen molar-refractivity contribution in [1.82, 2.24) is 4.31 Å². The topological polar surface area (TPSA) is 76.1 Å². The minimum absolute atomic E-state index is 0.170. The van der Waals surface area contributed by atoms with Gasteiger partial charge in [0.2, 0.25) is 10.0 Å². The Morgan fingerprint density at radius 2 is 1.84 bits per heavy atom. The number of hydrogen-bond donors (Lipinski definition) is 1. The van der Waals surface area contributed by atoms with Crippen LogP contribution in [-0.2, 0) is 16.4 Å². The van der Waals surface area contributed by atoms with Crippen LogP contribution in [0.25, 0.3) is 0 Å². The number of likely N-dealkylation sites (N-methyl/N-ethyl adjacent to an activating group) is 1. The maximum absolute atomic E-state index is 12.8. The molecule has 2 atom stereocenters. The second kappa shape index (κ2) is 6.01. The van der Waals surface area contributed by atoms with Gasteiger partial charge in [0.25, 0.3) is 0 Å². The van der Waals surface area contributed by atoms with E-state index in [0.717, 1.165) is 5.56 Å². The summed E-state index contributed by atoms with van der Waals surface area (Å²) in [6.07, 6.45) is -0.514. The number of aliphatic hydroxyl groups excluding tert-OH is 1. The van der Waals surface area contributed by atoms with E-state index in [9.17, 15) is 13.5 Å². The van der Waals surface area contributed by atoms with Gasteiger partial charge >= 0.3 is 0 Å². The molecule has 2 aliphatic heterocycles. The van der Waals surface area contributed by atoms with E-state index < -0.39 is 22.2 Å². The SMILES string of the molecule is CN1[C@@H](Cc2ccc3c(c2)OCCO3)[C@H](O)c2ccccc2S1(=O)=O. The molecule has 6 nitrogen and oxygen atoms in total. The molecule has 0 saturated carbocycles. The van der Waals surface area contributed by atoms with Gasteiger partial charge in [-0.05, 0) is 30.2 Å². The van der Waals surface area contributed by atoms with Gasteiger partial charge in [-0.15, -0.1) is 0 Å². The average molecular weight is 361 g/mol. The smallest absolute Gasteiger partial charge is 0.243 e. The van der Waals surface area contributed by atoms with E-state index in [4.69, 9.17) is 9.47 Å². The highest BCUT2D eigenvalue weighted by molar-refractivity contribution is 7.89. The van der Waals surface area contributed by atoms with Crippen molar-refractivity contribution >= 4 is 10.0 Å². The summed E-state index contributed by atoms with van der Waals surface area (Å²) in [5.74, 6) is 1.34. The van der Waals surface area contributed by atoms with Crippen molar-refractivity contribution in [2.45, 2.75) is 23.5 Å². The fourth-order valence-corrected chi connectivity index (χ4v) is 4.99. The maximum atomic E-state index is 12.8. The molecule has 2 heterocycles. The van der Waals surface area contributed by atoms with Crippen LogP contribution in [0.4, 0.5) is 0 Å². The number of benzene rings is 2. The first-order valence-electron chi connectivity index (χ1n) is 8.12. The van der Waals surface area contributed by atoms with Gasteiger partial charge in [-0.2, -0.15) is 4.31 Å². The van der Waals surface area contributed by atoms with Crippen LogP contribution in [-0.4, -0.2) is 44.1 Å². The van der Waals surface area contributed by atoms with Crippen LogP contribution >= 0.6 is 0 Å². The summed E-state index contributed by atoms with van der Waals surface area (Å²) in [6.45, 7) is 1.01. The number of ether oxygens (including phenoxy) is 2. The van der Waals surface area contributed by atoms with E-state index in [2.05, 4.69) is 0 Å². The minimum atomic E-state index is -3.62. The van der Waals surface area contributed by atoms with E-state index in [0.29, 0.717) is 36.7 Å². The van der Waals surface area contributed by atoms with Gasteiger partial charge in [-0.1, -0.05) is 24.3 Å². The molecule has 2 aliphatic rings. The van der Waals surface area contributed by atoms with Gasteiger partial charge in [-0.25, -0.2) is 8.42 Å². The predicted molar refractivity (Wildman–Crippen MR) is 91.3 cm³/mol. The Hall–Kier alpha value is -2.09. The summed E-state index contributed by atoms with van der Waals surface area (Å²) in [7, 11) is -2.11. The van der Waals surface area contributed by atoms with Gasteiger partial charge in [-0.3, -0.25) is 0 Å². The number of nitrogens with zero attached hydrogens (tertiary/aromatic N) is 1. The first-order valence-corrected chi connectivity index (χ1v) is 9.56. The molecule has 2 aromatic carbocycles. The monoisotopic (exact) mass is 361 g/mol. The van der Waals surface area contributed by atoms with Crippen molar-refractivity contribution in [2.24, 2.45) is 0 Å². The van der Waals surface area contributed by atoms with Gasteiger partial charge in [0.05, 0.1) is 17.0 Å². The number of aliphatic hydroxyl groups is 1. The number of hydrogen-bond acceptors (Lipinski definition) is 5. The van der Waals surface area contributed by atoms with Crippen molar-refractivity contribution < 1.29 is 23.0 Å². The number of fused-ring (bicyclic) bond motifs is 2. The Kier molecular flexibility index (Phi) is 3.94. The summed E-state index contributed by atoms with van der Waals surface area (Å²) < 4.78 is 37.9. The van der Waals surface area contributed by atoms with Crippen LogP contribution in [0.2, 0.25) is 0 Å². The molecular weight excluding hydrogens is 342 g/mol. The Labute approximate surface area is 146 Å². The van der Waals surface area contributed by atoms with Crippen LogP contribution < -0.4 is 9.47 Å². The highest BCUT2D eigenvalue weighted by Gasteiger charge is 2.41. The third-order valence-corrected chi connectivity index (χ3v) is 6.73. The van der Waals surface area contributed by atoms with E-state index in [-0.39, 0.29) is 4.90 Å². The summed E-state index contributed by atoms with van der Waals surface area (Å²) >= 11 is 0. The molecule has 0 amide bonds. The molecule has 4 rings (SSSR count). The summed E-state index contributed by atoms with van der Waals surface area (Å²) in [5, 5.41) is 10.8. The fourth-order valence-electron chi connectivity index (χ4n) is 3.40. The van der Waals surface area contributed by atoms with Gasteiger partial charge in [0, 0.05) is 12.6 Å². The molecule has 0 bridgehead atoms. The lowest BCUT2D eigenvalue weighted by Gasteiger charge is -2.37. The molecule has 0 aliphatic carbocycles. The second-order valence-electron chi connectivity index (χ2n) is 6.25. The van der Waals surface area contributed by atoms with E-state index in [1.54, 1.807) is 18.2 Å². The molecule has 0 radical (unpaired) electrons. The summed E-state index contributed by atoms with van der Waals surface area (Å²) in [5.41, 5.74) is 1.33. The zero-order valence-corrected chi connectivity index (χ0v) is 14.6.